The Bertz CT molecular complexity index is 1650. The first-order valence-corrected chi connectivity index (χ1v) is 13.5. The van der Waals surface area contributed by atoms with Crippen molar-refractivity contribution in [3.8, 4) is 44.9 Å². The van der Waals surface area contributed by atoms with Gasteiger partial charge in [-0.3, -0.25) is 0 Å². The Hall–Kier alpha value is -5.08. The van der Waals surface area contributed by atoms with Gasteiger partial charge in [0.15, 0.2) is 0 Å². The number of hydrogen-bond acceptors (Lipinski definition) is 2. The SMILES string of the molecule is CC(c1ccc(-c2ccccc2)cc1)(c1cc(-c2ccccc2)ccc1O)c1cc(-c2ccccc2)ccc1O. The second-order valence-electron chi connectivity index (χ2n) is 10.3. The molecule has 0 unspecified atom stereocenters. The molecule has 0 aliphatic carbocycles. The van der Waals surface area contributed by atoms with Crippen LogP contribution in [0.3, 0.4) is 0 Å². The summed E-state index contributed by atoms with van der Waals surface area (Å²) in [6.45, 7) is 2.08. The molecule has 0 aliphatic rings. The number of benzene rings is 6. The van der Waals surface area contributed by atoms with Crippen LogP contribution in [-0.2, 0) is 5.41 Å². The number of phenols is 2. The van der Waals surface area contributed by atoms with Gasteiger partial charge in [0.2, 0.25) is 0 Å². The van der Waals surface area contributed by atoms with Crippen LogP contribution in [0.4, 0.5) is 0 Å². The first-order chi connectivity index (χ1) is 19.5. The van der Waals surface area contributed by atoms with Crippen LogP contribution in [0.5, 0.6) is 11.5 Å². The lowest BCUT2D eigenvalue weighted by atomic mass is 9.69. The van der Waals surface area contributed by atoms with Crippen LogP contribution < -0.4 is 0 Å². The van der Waals surface area contributed by atoms with E-state index in [2.05, 4.69) is 67.6 Å². The molecule has 2 N–H and O–H groups in total. The van der Waals surface area contributed by atoms with E-state index in [1.54, 1.807) is 12.1 Å². The molecule has 0 saturated heterocycles. The van der Waals surface area contributed by atoms with Crippen LogP contribution >= 0.6 is 0 Å². The van der Waals surface area contributed by atoms with Crippen molar-refractivity contribution >= 4 is 0 Å². The summed E-state index contributed by atoms with van der Waals surface area (Å²) in [4.78, 5) is 0. The van der Waals surface area contributed by atoms with Crippen molar-refractivity contribution in [3.63, 3.8) is 0 Å². The third kappa shape index (κ3) is 4.65. The first-order valence-electron chi connectivity index (χ1n) is 13.5. The van der Waals surface area contributed by atoms with Gasteiger partial charge in [-0.05, 0) is 70.1 Å². The molecular weight excluding hydrogens is 488 g/mol. The fraction of sp³-hybridized carbons (Fsp3) is 0.0526. The van der Waals surface area contributed by atoms with Crippen LogP contribution in [0.1, 0.15) is 23.6 Å². The molecular formula is C38H30O2. The minimum absolute atomic E-state index is 0.179. The zero-order chi connectivity index (χ0) is 27.5. The second-order valence-corrected chi connectivity index (χ2v) is 10.3. The molecule has 2 heteroatoms. The molecule has 0 aromatic heterocycles. The largest absolute Gasteiger partial charge is 0.508 e. The maximum absolute atomic E-state index is 11.4. The van der Waals surface area contributed by atoms with Crippen molar-refractivity contribution in [2.45, 2.75) is 12.3 Å². The maximum Gasteiger partial charge on any atom is 0.120 e. The third-order valence-corrected chi connectivity index (χ3v) is 7.85. The smallest absolute Gasteiger partial charge is 0.120 e. The monoisotopic (exact) mass is 518 g/mol. The molecule has 0 aliphatic heterocycles. The number of aromatic hydroxyl groups is 2. The van der Waals surface area contributed by atoms with E-state index in [0.717, 1.165) is 50.1 Å². The summed E-state index contributed by atoms with van der Waals surface area (Å²) in [5.74, 6) is 0.359. The fourth-order valence-electron chi connectivity index (χ4n) is 5.58. The maximum atomic E-state index is 11.4. The highest BCUT2D eigenvalue weighted by Crippen LogP contribution is 2.48. The molecule has 0 spiro atoms. The molecule has 6 aromatic carbocycles. The molecule has 0 bridgehead atoms. The van der Waals surface area contributed by atoms with Gasteiger partial charge in [0.05, 0.1) is 0 Å². The van der Waals surface area contributed by atoms with Crippen molar-refractivity contribution < 1.29 is 10.2 Å². The second kappa shape index (κ2) is 10.6. The number of hydrogen-bond donors (Lipinski definition) is 2. The summed E-state index contributed by atoms with van der Waals surface area (Å²) >= 11 is 0. The summed E-state index contributed by atoms with van der Waals surface area (Å²) in [6, 6.07) is 50.5. The van der Waals surface area contributed by atoms with Crippen molar-refractivity contribution in [3.05, 3.63) is 168 Å². The zero-order valence-corrected chi connectivity index (χ0v) is 22.3. The summed E-state index contributed by atoms with van der Waals surface area (Å²) in [5, 5.41) is 22.7. The Balaban J connectivity index is 1.58. The summed E-state index contributed by atoms with van der Waals surface area (Å²) in [7, 11) is 0. The van der Waals surface area contributed by atoms with Crippen molar-refractivity contribution in [2.75, 3.05) is 0 Å². The van der Waals surface area contributed by atoms with E-state index in [0.29, 0.717) is 0 Å². The third-order valence-electron chi connectivity index (χ3n) is 7.85. The van der Waals surface area contributed by atoms with Crippen LogP contribution in [0.2, 0.25) is 0 Å². The number of rotatable bonds is 6. The zero-order valence-electron chi connectivity index (χ0n) is 22.3. The van der Waals surface area contributed by atoms with E-state index in [1.165, 1.54) is 0 Å². The summed E-state index contributed by atoms with van der Waals surface area (Å²) in [6.07, 6.45) is 0. The molecule has 6 aromatic rings. The molecule has 0 fully saturated rings. The van der Waals surface area contributed by atoms with Gasteiger partial charge in [0, 0.05) is 16.5 Å². The van der Waals surface area contributed by atoms with Gasteiger partial charge in [0.1, 0.15) is 11.5 Å². The van der Waals surface area contributed by atoms with Gasteiger partial charge in [0.25, 0.3) is 0 Å². The molecule has 40 heavy (non-hydrogen) atoms. The lowest BCUT2D eigenvalue weighted by Crippen LogP contribution is -2.26. The van der Waals surface area contributed by atoms with Gasteiger partial charge >= 0.3 is 0 Å². The minimum atomic E-state index is -0.862. The molecule has 0 atom stereocenters. The Morgan fingerprint density at radius 3 is 1.10 bits per heavy atom. The minimum Gasteiger partial charge on any atom is -0.508 e. The van der Waals surface area contributed by atoms with Crippen molar-refractivity contribution in [1.82, 2.24) is 0 Å². The molecule has 0 saturated carbocycles. The molecule has 194 valence electrons. The standard InChI is InChI=1S/C38H30O2/c1-38(33-21-17-30(18-22-33)27-11-5-2-6-12-27,34-25-31(19-23-36(34)39)28-13-7-3-8-14-28)35-26-32(20-24-37(35)40)29-15-9-4-10-16-29/h2-26,39-40H,1H3. The van der Waals surface area contributed by atoms with Crippen LogP contribution in [-0.4, -0.2) is 10.2 Å². The Morgan fingerprint density at radius 2 is 0.700 bits per heavy atom. The van der Waals surface area contributed by atoms with Crippen molar-refractivity contribution in [1.29, 1.82) is 0 Å². The van der Waals surface area contributed by atoms with Gasteiger partial charge < -0.3 is 10.2 Å². The lowest BCUT2D eigenvalue weighted by molar-refractivity contribution is 0.442. The predicted molar refractivity (Wildman–Crippen MR) is 165 cm³/mol. The van der Waals surface area contributed by atoms with E-state index < -0.39 is 5.41 Å². The van der Waals surface area contributed by atoms with Gasteiger partial charge in [-0.2, -0.15) is 0 Å². The topological polar surface area (TPSA) is 40.5 Å². The number of phenolic OH excluding ortho intramolecular Hbond substituents is 2. The fourth-order valence-corrected chi connectivity index (χ4v) is 5.58. The highest BCUT2D eigenvalue weighted by atomic mass is 16.3. The molecule has 6 rings (SSSR count). The Morgan fingerprint density at radius 1 is 0.375 bits per heavy atom. The average Bonchev–Trinajstić information content (AvgIpc) is 3.02. The average molecular weight is 519 g/mol. The van der Waals surface area contributed by atoms with E-state index >= 15 is 0 Å². The summed E-state index contributed by atoms with van der Waals surface area (Å²) in [5.41, 5.74) is 7.92. The van der Waals surface area contributed by atoms with Crippen LogP contribution in [0, 0.1) is 0 Å². The first kappa shape index (κ1) is 25.2. The molecule has 2 nitrogen and oxygen atoms in total. The van der Waals surface area contributed by atoms with Gasteiger partial charge in [-0.25, -0.2) is 0 Å². The summed E-state index contributed by atoms with van der Waals surface area (Å²) < 4.78 is 0. The van der Waals surface area contributed by atoms with Gasteiger partial charge in [-0.1, -0.05) is 127 Å². The van der Waals surface area contributed by atoms with E-state index in [1.807, 2.05) is 78.9 Å². The highest BCUT2D eigenvalue weighted by molar-refractivity contribution is 5.72. The van der Waals surface area contributed by atoms with E-state index in [9.17, 15) is 10.2 Å². The normalized spacial score (nSPS) is 11.3. The quantitative estimate of drug-likeness (QED) is 0.216. The van der Waals surface area contributed by atoms with E-state index in [-0.39, 0.29) is 11.5 Å². The van der Waals surface area contributed by atoms with Crippen LogP contribution in [0.15, 0.2) is 152 Å². The van der Waals surface area contributed by atoms with Crippen LogP contribution in [0.25, 0.3) is 33.4 Å². The Kier molecular flexibility index (Phi) is 6.67. The highest BCUT2D eigenvalue weighted by Gasteiger charge is 2.36. The predicted octanol–water partition coefficient (Wildman–Crippen LogP) is 9.45. The lowest BCUT2D eigenvalue weighted by Gasteiger charge is -2.34. The molecule has 0 amide bonds. The van der Waals surface area contributed by atoms with Crippen molar-refractivity contribution in [2.24, 2.45) is 0 Å². The van der Waals surface area contributed by atoms with E-state index in [4.69, 9.17) is 0 Å². The molecule has 0 heterocycles. The molecule has 0 radical (unpaired) electrons. The van der Waals surface area contributed by atoms with Gasteiger partial charge in [-0.15, -0.1) is 0 Å². The Labute approximate surface area is 235 Å².